The van der Waals surface area contributed by atoms with Crippen molar-refractivity contribution in [1.82, 2.24) is 5.32 Å². The molecule has 2 aromatic rings. The van der Waals surface area contributed by atoms with Gasteiger partial charge in [-0.25, -0.2) is 0 Å². The van der Waals surface area contributed by atoms with E-state index in [1.54, 1.807) is 0 Å². The molecule has 0 aliphatic heterocycles. The first-order chi connectivity index (χ1) is 10.7. The van der Waals surface area contributed by atoms with Crippen molar-refractivity contribution >= 4 is 12.2 Å². The van der Waals surface area contributed by atoms with Gasteiger partial charge in [0, 0.05) is 0 Å². The molecule has 3 N–H and O–H groups in total. The molecule has 0 spiro atoms. The van der Waals surface area contributed by atoms with Crippen LogP contribution in [0.3, 0.4) is 0 Å². The third kappa shape index (κ3) is 4.82. The molecule has 0 saturated carbocycles. The summed E-state index contributed by atoms with van der Waals surface area (Å²) in [6.45, 7) is 0. The van der Waals surface area contributed by atoms with Crippen LogP contribution in [0.2, 0.25) is 0 Å². The fourth-order valence-electron chi connectivity index (χ4n) is 2.25. The lowest BCUT2D eigenvalue weighted by Crippen LogP contribution is -2.47. The quantitative estimate of drug-likeness (QED) is 0.760. The third-order valence-electron chi connectivity index (χ3n) is 3.43. The van der Waals surface area contributed by atoms with E-state index in [0.29, 0.717) is 12.8 Å². The van der Waals surface area contributed by atoms with Crippen LogP contribution in [-0.4, -0.2) is 24.3 Å². The molecule has 4 heteroatoms. The number of rotatable bonds is 7. The van der Waals surface area contributed by atoms with Crippen LogP contribution in [0.1, 0.15) is 11.1 Å². The lowest BCUT2D eigenvalue weighted by molar-refractivity contribution is -0.125. The van der Waals surface area contributed by atoms with Crippen LogP contribution in [0.15, 0.2) is 60.7 Å². The number of carbonyl (C=O) groups is 2. The molecular weight excluding hydrogens is 276 g/mol. The Bertz CT molecular complexity index is 599. The molecule has 0 aromatic heterocycles. The van der Waals surface area contributed by atoms with Gasteiger partial charge in [-0.05, 0) is 24.0 Å². The number of hydrogen-bond acceptors (Lipinski definition) is 3. The predicted octanol–water partition coefficient (Wildman–Crippen LogP) is 1.48. The van der Waals surface area contributed by atoms with E-state index >= 15 is 0 Å². The Morgan fingerprint density at radius 1 is 0.955 bits per heavy atom. The molecule has 0 fully saturated rings. The van der Waals surface area contributed by atoms with Gasteiger partial charge in [0.05, 0.1) is 12.1 Å². The fourth-order valence-corrected chi connectivity index (χ4v) is 2.25. The van der Waals surface area contributed by atoms with E-state index in [1.807, 2.05) is 60.7 Å². The minimum Gasteiger partial charge on any atom is -0.345 e. The van der Waals surface area contributed by atoms with Gasteiger partial charge in [-0.15, -0.1) is 0 Å². The van der Waals surface area contributed by atoms with E-state index in [-0.39, 0.29) is 5.91 Å². The average Bonchev–Trinajstić information content (AvgIpc) is 2.56. The number of nitrogens with two attached hydrogens (primary N) is 1. The Labute approximate surface area is 130 Å². The lowest BCUT2D eigenvalue weighted by atomic mass is 10.0. The van der Waals surface area contributed by atoms with Crippen molar-refractivity contribution in [2.24, 2.45) is 5.73 Å². The second-order valence-electron chi connectivity index (χ2n) is 5.24. The number of benzene rings is 2. The van der Waals surface area contributed by atoms with Gasteiger partial charge in [0.1, 0.15) is 6.29 Å². The molecule has 2 atom stereocenters. The standard InChI is InChI=1S/C18H20N2O2/c19-17(12-15-9-5-2-6-10-15)18(22)20-16(13-21)11-14-7-3-1-4-8-14/h1-10,13,16-17H,11-12,19H2,(H,20,22)/t16-,17-/m0/s1. The largest absolute Gasteiger partial charge is 0.345 e. The van der Waals surface area contributed by atoms with Crippen LogP contribution in [0.25, 0.3) is 0 Å². The maximum atomic E-state index is 12.1. The van der Waals surface area contributed by atoms with Gasteiger partial charge >= 0.3 is 0 Å². The molecule has 114 valence electrons. The summed E-state index contributed by atoms with van der Waals surface area (Å²) in [6, 6.07) is 17.9. The average molecular weight is 296 g/mol. The highest BCUT2D eigenvalue weighted by Gasteiger charge is 2.18. The molecule has 0 saturated heterocycles. The van der Waals surface area contributed by atoms with E-state index in [4.69, 9.17) is 5.73 Å². The van der Waals surface area contributed by atoms with E-state index < -0.39 is 12.1 Å². The Morgan fingerprint density at radius 2 is 1.45 bits per heavy atom. The molecule has 4 nitrogen and oxygen atoms in total. The van der Waals surface area contributed by atoms with Crippen molar-refractivity contribution in [3.63, 3.8) is 0 Å². The van der Waals surface area contributed by atoms with Gasteiger partial charge < -0.3 is 15.8 Å². The van der Waals surface area contributed by atoms with E-state index in [2.05, 4.69) is 5.32 Å². The second-order valence-corrected chi connectivity index (χ2v) is 5.24. The van der Waals surface area contributed by atoms with Gasteiger partial charge in [-0.2, -0.15) is 0 Å². The summed E-state index contributed by atoms with van der Waals surface area (Å²) in [5, 5.41) is 2.70. The zero-order valence-corrected chi connectivity index (χ0v) is 12.3. The number of nitrogens with one attached hydrogen (secondary N) is 1. The number of carbonyl (C=O) groups excluding carboxylic acids is 2. The van der Waals surface area contributed by atoms with Crippen LogP contribution < -0.4 is 11.1 Å². The normalized spacial score (nSPS) is 13.1. The summed E-state index contributed by atoms with van der Waals surface area (Å²) in [7, 11) is 0. The van der Waals surface area contributed by atoms with Crippen molar-refractivity contribution < 1.29 is 9.59 Å². The van der Waals surface area contributed by atoms with E-state index in [9.17, 15) is 9.59 Å². The molecule has 0 radical (unpaired) electrons. The van der Waals surface area contributed by atoms with Gasteiger partial charge in [0.2, 0.25) is 5.91 Å². The zero-order valence-electron chi connectivity index (χ0n) is 12.3. The first-order valence-electron chi connectivity index (χ1n) is 7.28. The minimum absolute atomic E-state index is 0.308. The summed E-state index contributed by atoms with van der Waals surface area (Å²) >= 11 is 0. The van der Waals surface area contributed by atoms with Crippen molar-refractivity contribution in [2.75, 3.05) is 0 Å². The molecule has 2 aromatic carbocycles. The van der Waals surface area contributed by atoms with Gasteiger partial charge in [-0.1, -0.05) is 60.7 Å². The Kier molecular flexibility index (Phi) is 5.86. The maximum absolute atomic E-state index is 12.1. The molecular formula is C18H20N2O2. The number of aldehydes is 1. The Balaban J connectivity index is 1.90. The first kappa shape index (κ1) is 15.9. The SMILES string of the molecule is N[C@@H](Cc1ccccc1)C(=O)N[C@H](C=O)Cc1ccccc1. The van der Waals surface area contributed by atoms with Crippen molar-refractivity contribution in [3.05, 3.63) is 71.8 Å². The Hall–Kier alpha value is -2.46. The van der Waals surface area contributed by atoms with Crippen LogP contribution in [0.4, 0.5) is 0 Å². The molecule has 0 bridgehead atoms. The highest BCUT2D eigenvalue weighted by molar-refractivity contribution is 5.84. The number of amides is 1. The molecule has 2 rings (SSSR count). The molecule has 1 amide bonds. The van der Waals surface area contributed by atoms with Gasteiger partial charge in [-0.3, -0.25) is 4.79 Å². The van der Waals surface area contributed by atoms with E-state index in [1.165, 1.54) is 0 Å². The molecule has 0 aliphatic carbocycles. The van der Waals surface area contributed by atoms with Crippen molar-refractivity contribution in [1.29, 1.82) is 0 Å². The highest BCUT2D eigenvalue weighted by Crippen LogP contribution is 2.04. The lowest BCUT2D eigenvalue weighted by Gasteiger charge is -2.17. The topological polar surface area (TPSA) is 72.2 Å². The monoisotopic (exact) mass is 296 g/mol. The van der Waals surface area contributed by atoms with E-state index in [0.717, 1.165) is 17.4 Å². The summed E-state index contributed by atoms with van der Waals surface area (Å²) in [5.74, 6) is -0.308. The zero-order chi connectivity index (χ0) is 15.8. The predicted molar refractivity (Wildman–Crippen MR) is 86.3 cm³/mol. The summed E-state index contributed by atoms with van der Waals surface area (Å²) < 4.78 is 0. The van der Waals surface area contributed by atoms with Crippen LogP contribution in [-0.2, 0) is 22.4 Å². The van der Waals surface area contributed by atoms with Gasteiger partial charge in [0.25, 0.3) is 0 Å². The molecule has 22 heavy (non-hydrogen) atoms. The maximum Gasteiger partial charge on any atom is 0.237 e. The summed E-state index contributed by atoms with van der Waals surface area (Å²) in [6.07, 6.45) is 1.66. The fraction of sp³-hybridized carbons (Fsp3) is 0.222. The summed E-state index contributed by atoms with van der Waals surface area (Å²) in [4.78, 5) is 23.3. The smallest absolute Gasteiger partial charge is 0.237 e. The summed E-state index contributed by atoms with van der Waals surface area (Å²) in [5.41, 5.74) is 7.91. The molecule has 0 heterocycles. The van der Waals surface area contributed by atoms with Crippen LogP contribution in [0, 0.1) is 0 Å². The third-order valence-corrected chi connectivity index (χ3v) is 3.43. The minimum atomic E-state index is -0.666. The first-order valence-corrected chi connectivity index (χ1v) is 7.28. The van der Waals surface area contributed by atoms with Crippen LogP contribution >= 0.6 is 0 Å². The molecule has 0 unspecified atom stereocenters. The molecule has 0 aliphatic rings. The van der Waals surface area contributed by atoms with Crippen molar-refractivity contribution in [2.45, 2.75) is 24.9 Å². The highest BCUT2D eigenvalue weighted by atomic mass is 16.2. The van der Waals surface area contributed by atoms with Crippen LogP contribution in [0.5, 0.6) is 0 Å². The van der Waals surface area contributed by atoms with Crippen molar-refractivity contribution in [3.8, 4) is 0 Å². The number of hydrogen-bond donors (Lipinski definition) is 2. The second kappa shape index (κ2) is 8.10. The Morgan fingerprint density at radius 3 is 1.95 bits per heavy atom. The van der Waals surface area contributed by atoms with Gasteiger partial charge in [0.15, 0.2) is 0 Å².